The number of rotatable bonds is 7. The topological polar surface area (TPSA) is 151 Å². The van der Waals surface area contributed by atoms with Crippen molar-refractivity contribution < 1.29 is 41.0 Å². The number of carbonyl (C=O) groups is 2. The van der Waals surface area contributed by atoms with Gasteiger partial charge in [-0.2, -0.15) is 23.0 Å². The van der Waals surface area contributed by atoms with Crippen LogP contribution >= 0.6 is 0 Å². The summed E-state index contributed by atoms with van der Waals surface area (Å²) in [7, 11) is -2.31. The summed E-state index contributed by atoms with van der Waals surface area (Å²) in [5.74, 6) is 2.84. The van der Waals surface area contributed by atoms with Crippen LogP contribution in [-0.4, -0.2) is 62.4 Å². The molecule has 1 atom stereocenters. The summed E-state index contributed by atoms with van der Waals surface area (Å²) in [5, 5.41) is 12.3. The highest BCUT2D eigenvalue weighted by Gasteiger charge is 2.38. The lowest BCUT2D eigenvalue weighted by Crippen LogP contribution is -2.41. The first-order valence-electron chi connectivity index (χ1n) is 11.4. The Morgan fingerprint density at radius 2 is 1.87 bits per heavy atom. The Morgan fingerprint density at radius 3 is 2.51 bits per heavy atom. The van der Waals surface area contributed by atoms with E-state index in [1.807, 2.05) is 36.4 Å². The molecule has 4 N–H and O–H groups in total. The van der Waals surface area contributed by atoms with E-state index in [1.165, 1.54) is 6.21 Å². The molecular weight excluding hydrogens is 541 g/mol. The predicted molar refractivity (Wildman–Crippen MR) is 137 cm³/mol. The van der Waals surface area contributed by atoms with E-state index in [9.17, 15) is 26.4 Å². The van der Waals surface area contributed by atoms with E-state index in [2.05, 4.69) is 9.82 Å². The number of methoxy groups -OCH3 is 1. The highest BCUT2D eigenvalue weighted by atomic mass is 32.2. The number of hydrazone groups is 1. The summed E-state index contributed by atoms with van der Waals surface area (Å²) in [6.45, 7) is 0.856. The molecule has 10 nitrogen and oxygen atoms in total. The van der Waals surface area contributed by atoms with Gasteiger partial charge in [0.15, 0.2) is 0 Å². The van der Waals surface area contributed by atoms with E-state index >= 15 is 0 Å². The average molecular weight is 567 g/mol. The van der Waals surface area contributed by atoms with Gasteiger partial charge in [-0.3, -0.25) is 4.79 Å². The molecule has 14 heteroatoms. The van der Waals surface area contributed by atoms with Crippen molar-refractivity contribution in [2.45, 2.75) is 30.1 Å². The molecule has 39 heavy (non-hydrogen) atoms. The molecule has 0 spiro atoms. The Morgan fingerprint density at radius 1 is 1.18 bits per heavy atom. The molecule has 4 rings (SSSR count). The van der Waals surface area contributed by atoms with Crippen molar-refractivity contribution in [1.29, 1.82) is 0 Å². The first kappa shape index (κ1) is 29.4. The van der Waals surface area contributed by atoms with Crippen LogP contribution in [0.4, 0.5) is 13.2 Å². The molecule has 0 aromatic heterocycles. The van der Waals surface area contributed by atoms with E-state index < -0.39 is 28.2 Å². The zero-order valence-electron chi connectivity index (χ0n) is 20.6. The number of carbonyl (C=O) groups excluding carboxylic acids is 1. The molecule has 1 heterocycles. The smallest absolute Gasteiger partial charge is 0.490 e. The van der Waals surface area contributed by atoms with Gasteiger partial charge in [0.1, 0.15) is 11.8 Å². The molecule has 1 aliphatic heterocycles. The number of carboxylic acids is 1. The van der Waals surface area contributed by atoms with E-state index in [0.717, 1.165) is 21.9 Å². The van der Waals surface area contributed by atoms with Gasteiger partial charge < -0.3 is 20.6 Å². The van der Waals surface area contributed by atoms with Gasteiger partial charge in [-0.05, 0) is 58.7 Å². The Hall–Kier alpha value is -4.17. The van der Waals surface area contributed by atoms with Crippen LogP contribution in [0.5, 0.6) is 5.75 Å². The average Bonchev–Trinajstić information content (AvgIpc) is 3.21. The summed E-state index contributed by atoms with van der Waals surface area (Å²) in [4.78, 5) is 23.5. The number of alkyl halides is 3. The molecule has 1 saturated heterocycles. The molecule has 3 aromatic rings. The number of halogens is 3. The normalized spacial score (nSPS) is 15.8. The minimum absolute atomic E-state index is 0.110. The number of nitrogens with one attached hydrogen (secondary N) is 1. The van der Waals surface area contributed by atoms with Gasteiger partial charge in [-0.15, -0.1) is 0 Å². The number of ether oxygens (including phenoxy) is 1. The largest absolute Gasteiger partial charge is 0.497 e. The molecule has 3 aromatic carbocycles. The Labute approximate surface area is 221 Å². The van der Waals surface area contributed by atoms with Crippen LogP contribution in [0, 0.1) is 0 Å². The number of aliphatic carboxylic acids is 1. The summed E-state index contributed by atoms with van der Waals surface area (Å²) < 4.78 is 65.5. The standard InChI is InChI=1S/C23H24N4O4S.C2HF3O2/c1-31-20-7-5-18-6-8-21(13-19(18)12-20)32(29,30)26-22-9-10-27(23(22)28)15-17-4-2-3-16(11-17)14-25-24;3-2(4,5)1(6)7/h2-8,11-14,22,26H,9-10,15,24H2,1H3;(H,6,7)/t22-;/m1./s1. The molecule has 0 aliphatic carbocycles. The van der Waals surface area contributed by atoms with Crippen LogP contribution in [0.1, 0.15) is 17.5 Å². The lowest BCUT2D eigenvalue weighted by atomic mass is 10.1. The summed E-state index contributed by atoms with van der Waals surface area (Å²) in [6.07, 6.45) is -3.14. The summed E-state index contributed by atoms with van der Waals surface area (Å²) >= 11 is 0. The SMILES string of the molecule is COc1ccc2ccc(S(=O)(=O)N[C@@H]3CCN(Cc4cccc(C=NN)c4)C3=O)cc2c1.O=C(O)C(F)(F)F. The zero-order valence-corrected chi connectivity index (χ0v) is 21.4. The first-order valence-corrected chi connectivity index (χ1v) is 12.8. The van der Waals surface area contributed by atoms with Crippen LogP contribution in [0.3, 0.4) is 0 Å². The van der Waals surface area contributed by atoms with Gasteiger partial charge in [0.05, 0.1) is 18.2 Å². The van der Waals surface area contributed by atoms with Crippen molar-refractivity contribution in [3.8, 4) is 5.75 Å². The van der Waals surface area contributed by atoms with Gasteiger partial charge in [0, 0.05) is 13.1 Å². The third-order valence-corrected chi connectivity index (χ3v) is 7.18. The molecule has 0 unspecified atom stereocenters. The maximum absolute atomic E-state index is 13.0. The maximum Gasteiger partial charge on any atom is 0.490 e. The van der Waals surface area contributed by atoms with Crippen LogP contribution in [0.15, 0.2) is 70.7 Å². The van der Waals surface area contributed by atoms with Crippen molar-refractivity contribution in [2.24, 2.45) is 10.9 Å². The highest BCUT2D eigenvalue weighted by Crippen LogP contribution is 2.25. The van der Waals surface area contributed by atoms with Crippen molar-refractivity contribution in [3.63, 3.8) is 0 Å². The fourth-order valence-corrected chi connectivity index (χ4v) is 5.09. The number of benzene rings is 3. The van der Waals surface area contributed by atoms with Crippen LogP contribution in [-0.2, 0) is 26.2 Å². The Bertz CT molecular complexity index is 1490. The second-order valence-corrected chi connectivity index (χ2v) is 10.1. The molecule has 1 amide bonds. The third kappa shape index (κ3) is 7.67. The van der Waals surface area contributed by atoms with Gasteiger partial charge in [-0.25, -0.2) is 13.2 Å². The van der Waals surface area contributed by atoms with Crippen molar-refractivity contribution in [3.05, 3.63) is 71.8 Å². The number of nitrogens with zero attached hydrogens (tertiary/aromatic N) is 2. The van der Waals surface area contributed by atoms with Gasteiger partial charge in [-0.1, -0.05) is 30.3 Å². The summed E-state index contributed by atoms with van der Waals surface area (Å²) in [5.41, 5.74) is 1.75. The predicted octanol–water partition coefficient (Wildman–Crippen LogP) is 2.85. The quantitative estimate of drug-likeness (QED) is 0.226. The number of carboxylic acid groups (broad SMARTS) is 1. The number of hydrogen-bond donors (Lipinski definition) is 3. The lowest BCUT2D eigenvalue weighted by Gasteiger charge is -2.18. The number of sulfonamides is 1. The number of likely N-dealkylation sites (tertiary alicyclic amines) is 1. The molecular formula is C25H25F3N4O6S. The Balaban J connectivity index is 0.000000532. The fourth-order valence-electron chi connectivity index (χ4n) is 3.84. The van der Waals surface area contributed by atoms with E-state index in [4.69, 9.17) is 20.5 Å². The minimum atomic E-state index is -5.08. The zero-order chi connectivity index (χ0) is 28.8. The van der Waals surface area contributed by atoms with Crippen molar-refractivity contribution in [1.82, 2.24) is 9.62 Å². The number of hydrogen-bond acceptors (Lipinski definition) is 7. The van der Waals surface area contributed by atoms with Crippen LogP contribution in [0.2, 0.25) is 0 Å². The second kappa shape index (κ2) is 12.1. The molecule has 0 bridgehead atoms. The van der Waals surface area contributed by atoms with Crippen molar-refractivity contribution in [2.75, 3.05) is 13.7 Å². The molecule has 1 fully saturated rings. The summed E-state index contributed by atoms with van der Waals surface area (Å²) in [6, 6.07) is 17.1. The van der Waals surface area contributed by atoms with Crippen LogP contribution < -0.4 is 15.3 Å². The van der Waals surface area contributed by atoms with E-state index in [-0.39, 0.29) is 10.8 Å². The molecule has 1 aliphatic rings. The second-order valence-electron chi connectivity index (χ2n) is 8.42. The Kier molecular flexibility index (Phi) is 9.14. The van der Waals surface area contributed by atoms with Crippen molar-refractivity contribution >= 4 is 38.9 Å². The van der Waals surface area contributed by atoms with Gasteiger partial charge in [0.2, 0.25) is 15.9 Å². The van der Waals surface area contributed by atoms with Crippen LogP contribution in [0.25, 0.3) is 10.8 Å². The molecule has 0 radical (unpaired) electrons. The van der Waals surface area contributed by atoms with Gasteiger partial charge in [0.25, 0.3) is 0 Å². The third-order valence-electron chi connectivity index (χ3n) is 5.71. The highest BCUT2D eigenvalue weighted by molar-refractivity contribution is 7.89. The molecule has 208 valence electrons. The maximum atomic E-state index is 13.0. The van der Waals surface area contributed by atoms with E-state index in [0.29, 0.717) is 25.3 Å². The van der Waals surface area contributed by atoms with E-state index in [1.54, 1.807) is 36.3 Å². The lowest BCUT2D eigenvalue weighted by molar-refractivity contribution is -0.192. The minimum Gasteiger partial charge on any atom is -0.497 e. The monoisotopic (exact) mass is 566 g/mol. The number of amides is 1. The molecule has 0 saturated carbocycles. The number of nitrogens with two attached hydrogens (primary N) is 1. The van der Waals surface area contributed by atoms with Gasteiger partial charge >= 0.3 is 12.1 Å². The number of fused-ring (bicyclic) bond motifs is 1. The fraction of sp³-hybridized carbons (Fsp3) is 0.240. The first-order chi connectivity index (χ1) is 18.3.